The number of carboxylic acid groups (broad SMARTS) is 1. The van der Waals surface area contributed by atoms with Gasteiger partial charge < -0.3 is 9.63 Å². The number of carboxylic acids is 1. The molecule has 4 heteroatoms. The molecule has 0 fully saturated rings. The van der Waals surface area contributed by atoms with Gasteiger partial charge in [-0.05, 0) is 12.8 Å². The van der Waals surface area contributed by atoms with Crippen molar-refractivity contribution >= 4 is 5.97 Å². The summed E-state index contributed by atoms with van der Waals surface area (Å²) in [5.74, 6) is -0.483. The van der Waals surface area contributed by atoms with Crippen LogP contribution in [0.2, 0.25) is 0 Å². The quantitative estimate of drug-likeness (QED) is 0.855. The maximum absolute atomic E-state index is 11.2. The number of aromatic nitrogens is 1. The number of hydrogen-bond donors (Lipinski definition) is 1. The molecule has 4 nitrogen and oxygen atoms in total. The van der Waals surface area contributed by atoms with Crippen LogP contribution in [0.15, 0.2) is 4.52 Å². The van der Waals surface area contributed by atoms with Crippen LogP contribution < -0.4 is 0 Å². The summed E-state index contributed by atoms with van der Waals surface area (Å²) in [5, 5.41) is 13.1. The second-order valence-electron chi connectivity index (χ2n) is 4.99. The second-order valence-corrected chi connectivity index (χ2v) is 4.99. The summed E-state index contributed by atoms with van der Waals surface area (Å²) in [6, 6.07) is 0. The van der Waals surface area contributed by atoms with E-state index in [1.807, 2.05) is 20.8 Å². The zero-order valence-corrected chi connectivity index (χ0v) is 10.3. The van der Waals surface area contributed by atoms with Gasteiger partial charge in [-0.1, -0.05) is 39.3 Å². The summed E-state index contributed by atoms with van der Waals surface area (Å²) in [6.45, 7) is 7.82. The summed E-state index contributed by atoms with van der Waals surface area (Å²) in [5.41, 5.74) is 0.491. The second kappa shape index (κ2) is 4.68. The average molecular weight is 225 g/mol. The van der Waals surface area contributed by atoms with E-state index in [4.69, 9.17) is 4.52 Å². The van der Waals surface area contributed by atoms with Gasteiger partial charge in [0.1, 0.15) is 5.56 Å². The maximum Gasteiger partial charge on any atom is 0.341 e. The molecule has 0 aromatic carbocycles. The lowest BCUT2D eigenvalue weighted by molar-refractivity contribution is 0.0691. The van der Waals surface area contributed by atoms with Crippen LogP contribution in [0.1, 0.15) is 62.3 Å². The van der Waals surface area contributed by atoms with Crippen LogP contribution in [0, 0.1) is 0 Å². The van der Waals surface area contributed by atoms with E-state index < -0.39 is 5.97 Å². The number of carbonyl (C=O) groups is 1. The molecular weight excluding hydrogens is 206 g/mol. The predicted octanol–water partition coefficient (Wildman–Crippen LogP) is 3.01. The van der Waals surface area contributed by atoms with Crippen molar-refractivity contribution in [3.8, 4) is 0 Å². The van der Waals surface area contributed by atoms with Crippen molar-refractivity contribution in [2.24, 2.45) is 0 Å². The number of unbranched alkanes of at least 4 members (excludes halogenated alkanes) is 1. The highest BCUT2D eigenvalue weighted by Gasteiger charge is 2.30. The van der Waals surface area contributed by atoms with E-state index in [2.05, 4.69) is 12.1 Å². The third-order valence-corrected chi connectivity index (χ3v) is 2.42. The van der Waals surface area contributed by atoms with Gasteiger partial charge in [0.25, 0.3) is 0 Å². The number of rotatable bonds is 4. The normalized spacial score (nSPS) is 11.8. The zero-order chi connectivity index (χ0) is 12.3. The van der Waals surface area contributed by atoms with Crippen molar-refractivity contribution < 1.29 is 14.4 Å². The van der Waals surface area contributed by atoms with E-state index in [1.165, 1.54) is 0 Å². The first-order valence-corrected chi connectivity index (χ1v) is 5.60. The molecule has 0 aliphatic rings. The Labute approximate surface area is 95.6 Å². The molecule has 0 unspecified atom stereocenters. The molecule has 0 spiro atoms. The van der Waals surface area contributed by atoms with Gasteiger partial charge in [0, 0.05) is 5.41 Å². The summed E-state index contributed by atoms with van der Waals surface area (Å²) in [4.78, 5) is 11.2. The van der Waals surface area contributed by atoms with Gasteiger partial charge in [0.2, 0.25) is 0 Å². The van der Waals surface area contributed by atoms with Crippen molar-refractivity contribution in [2.75, 3.05) is 0 Å². The molecule has 0 amide bonds. The molecule has 1 heterocycles. The van der Waals surface area contributed by atoms with Crippen LogP contribution in [-0.2, 0) is 11.8 Å². The molecule has 1 rings (SSSR count). The van der Waals surface area contributed by atoms with Crippen molar-refractivity contribution in [3.05, 3.63) is 17.0 Å². The van der Waals surface area contributed by atoms with Gasteiger partial charge in [0.15, 0.2) is 5.76 Å². The fraction of sp³-hybridized carbons (Fsp3) is 0.667. The molecule has 16 heavy (non-hydrogen) atoms. The monoisotopic (exact) mass is 225 g/mol. The van der Waals surface area contributed by atoms with Gasteiger partial charge in [-0.25, -0.2) is 4.79 Å². The lowest BCUT2D eigenvalue weighted by Crippen LogP contribution is -2.15. The van der Waals surface area contributed by atoms with Crippen molar-refractivity contribution in [3.63, 3.8) is 0 Å². The summed E-state index contributed by atoms with van der Waals surface area (Å²) in [6.07, 6.45) is 2.60. The number of aryl methyl sites for hydroxylation is 1. The Morgan fingerprint density at radius 1 is 1.44 bits per heavy atom. The number of aromatic carboxylic acids is 1. The Hall–Kier alpha value is -1.32. The van der Waals surface area contributed by atoms with E-state index >= 15 is 0 Å². The van der Waals surface area contributed by atoms with Gasteiger partial charge in [-0.3, -0.25) is 0 Å². The lowest BCUT2D eigenvalue weighted by Gasteiger charge is -2.14. The standard InChI is InChI=1S/C12H19NO3/c1-5-6-7-8-9(11(14)15)10(16-13-8)12(2,3)4/h5-7H2,1-4H3,(H,14,15). The fourth-order valence-corrected chi connectivity index (χ4v) is 1.57. The predicted molar refractivity (Wildman–Crippen MR) is 60.8 cm³/mol. The molecule has 1 aromatic rings. The number of nitrogens with zero attached hydrogens (tertiary/aromatic N) is 1. The van der Waals surface area contributed by atoms with Crippen LogP contribution in [0.3, 0.4) is 0 Å². The first-order valence-electron chi connectivity index (χ1n) is 5.60. The summed E-state index contributed by atoms with van der Waals surface area (Å²) < 4.78 is 5.19. The van der Waals surface area contributed by atoms with E-state index in [0.717, 1.165) is 12.8 Å². The van der Waals surface area contributed by atoms with Crippen molar-refractivity contribution in [2.45, 2.75) is 52.4 Å². The maximum atomic E-state index is 11.2. The third kappa shape index (κ3) is 2.62. The average Bonchev–Trinajstić information content (AvgIpc) is 2.57. The molecule has 0 bridgehead atoms. The smallest absolute Gasteiger partial charge is 0.341 e. The van der Waals surface area contributed by atoms with E-state index in [1.54, 1.807) is 0 Å². The Morgan fingerprint density at radius 3 is 2.50 bits per heavy atom. The number of hydrogen-bond acceptors (Lipinski definition) is 3. The first kappa shape index (κ1) is 12.7. The molecular formula is C12H19NO3. The Bertz CT molecular complexity index is 374. The van der Waals surface area contributed by atoms with Crippen molar-refractivity contribution in [1.82, 2.24) is 5.16 Å². The molecule has 0 saturated heterocycles. The van der Waals surface area contributed by atoms with E-state index in [-0.39, 0.29) is 11.0 Å². The Balaban J connectivity index is 3.12. The van der Waals surface area contributed by atoms with Crippen molar-refractivity contribution in [1.29, 1.82) is 0 Å². The van der Waals surface area contributed by atoms with Gasteiger partial charge in [-0.2, -0.15) is 0 Å². The minimum atomic E-state index is -0.947. The van der Waals surface area contributed by atoms with Crippen LogP contribution in [0.4, 0.5) is 0 Å². The molecule has 0 atom stereocenters. The highest BCUT2D eigenvalue weighted by molar-refractivity contribution is 5.90. The SMILES string of the molecule is CCCCc1noc(C(C)(C)C)c1C(=O)O. The Morgan fingerprint density at radius 2 is 2.06 bits per heavy atom. The summed E-state index contributed by atoms with van der Waals surface area (Å²) in [7, 11) is 0. The zero-order valence-electron chi connectivity index (χ0n) is 10.3. The minimum absolute atomic E-state index is 0.251. The minimum Gasteiger partial charge on any atom is -0.477 e. The van der Waals surface area contributed by atoms with E-state index in [9.17, 15) is 9.90 Å². The third-order valence-electron chi connectivity index (χ3n) is 2.42. The summed E-state index contributed by atoms with van der Waals surface area (Å²) >= 11 is 0. The first-order chi connectivity index (χ1) is 7.38. The Kier molecular flexibility index (Phi) is 3.73. The molecule has 90 valence electrons. The molecule has 0 saturated carbocycles. The van der Waals surface area contributed by atoms with Gasteiger partial charge in [-0.15, -0.1) is 0 Å². The fourth-order valence-electron chi connectivity index (χ4n) is 1.57. The largest absolute Gasteiger partial charge is 0.477 e. The van der Waals surface area contributed by atoms with Crippen LogP contribution in [0.5, 0.6) is 0 Å². The van der Waals surface area contributed by atoms with Gasteiger partial charge >= 0.3 is 5.97 Å². The molecule has 0 aliphatic carbocycles. The van der Waals surface area contributed by atoms with Crippen LogP contribution in [0.25, 0.3) is 0 Å². The van der Waals surface area contributed by atoms with E-state index in [0.29, 0.717) is 17.9 Å². The molecule has 1 aromatic heterocycles. The van der Waals surface area contributed by atoms with Crippen LogP contribution >= 0.6 is 0 Å². The topological polar surface area (TPSA) is 63.3 Å². The lowest BCUT2D eigenvalue weighted by atomic mass is 9.89. The molecule has 0 aliphatic heterocycles. The molecule has 0 radical (unpaired) electrons. The highest BCUT2D eigenvalue weighted by atomic mass is 16.5. The molecule has 1 N–H and O–H groups in total. The highest BCUT2D eigenvalue weighted by Crippen LogP contribution is 2.28. The van der Waals surface area contributed by atoms with Crippen LogP contribution in [-0.4, -0.2) is 16.2 Å². The van der Waals surface area contributed by atoms with Gasteiger partial charge in [0.05, 0.1) is 5.69 Å².